The molecule has 1 aromatic carbocycles. The predicted octanol–water partition coefficient (Wildman–Crippen LogP) is 1.38. The van der Waals surface area contributed by atoms with Crippen LogP contribution in [0.5, 0.6) is 0 Å². The first kappa shape index (κ1) is 9.18. The molecule has 2 aromatic rings. The van der Waals surface area contributed by atoms with Gasteiger partial charge >= 0.3 is 0 Å². The average Bonchev–Trinajstić information content (AvgIpc) is 2.70. The molecule has 0 fully saturated rings. The fourth-order valence-corrected chi connectivity index (χ4v) is 1.49. The van der Waals surface area contributed by atoms with Crippen LogP contribution in [-0.2, 0) is 6.54 Å². The molecule has 0 atom stereocenters. The standard InChI is InChI=1S/C9H9ClN4/c10-8-1-2-9(7(3-8)4-11)14-5-12-13-6-14/h1-3,5-6H,4,11H2. The zero-order chi connectivity index (χ0) is 9.97. The maximum atomic E-state index is 5.86. The van der Waals surface area contributed by atoms with Crippen molar-refractivity contribution in [1.29, 1.82) is 0 Å². The summed E-state index contributed by atoms with van der Waals surface area (Å²) in [5.41, 5.74) is 7.54. The zero-order valence-corrected chi connectivity index (χ0v) is 8.15. The molecule has 0 aliphatic rings. The number of nitrogens with two attached hydrogens (primary N) is 1. The lowest BCUT2D eigenvalue weighted by Crippen LogP contribution is -2.03. The monoisotopic (exact) mass is 208 g/mol. The van der Waals surface area contributed by atoms with E-state index in [2.05, 4.69) is 10.2 Å². The van der Waals surface area contributed by atoms with Crippen LogP contribution in [0.15, 0.2) is 30.9 Å². The van der Waals surface area contributed by atoms with Crippen molar-refractivity contribution in [3.05, 3.63) is 41.4 Å². The second-order valence-electron chi connectivity index (χ2n) is 2.85. The van der Waals surface area contributed by atoms with Crippen LogP contribution >= 0.6 is 11.6 Å². The molecule has 0 saturated carbocycles. The molecule has 0 aliphatic heterocycles. The lowest BCUT2D eigenvalue weighted by atomic mass is 10.2. The summed E-state index contributed by atoms with van der Waals surface area (Å²) >= 11 is 5.86. The Labute approximate surface area is 86.3 Å². The number of hydrogen-bond donors (Lipinski definition) is 1. The molecular weight excluding hydrogens is 200 g/mol. The Morgan fingerprint density at radius 1 is 1.29 bits per heavy atom. The highest BCUT2D eigenvalue weighted by Crippen LogP contribution is 2.18. The van der Waals surface area contributed by atoms with Crippen LogP contribution in [0.25, 0.3) is 5.69 Å². The Morgan fingerprint density at radius 3 is 2.64 bits per heavy atom. The van der Waals surface area contributed by atoms with Gasteiger partial charge in [0.15, 0.2) is 0 Å². The summed E-state index contributed by atoms with van der Waals surface area (Å²) < 4.78 is 1.80. The van der Waals surface area contributed by atoms with Crippen molar-refractivity contribution < 1.29 is 0 Å². The van der Waals surface area contributed by atoms with Crippen LogP contribution in [-0.4, -0.2) is 14.8 Å². The first-order chi connectivity index (χ1) is 6.81. The van der Waals surface area contributed by atoms with Gasteiger partial charge in [0, 0.05) is 11.6 Å². The number of nitrogens with zero attached hydrogens (tertiary/aromatic N) is 3. The fraction of sp³-hybridized carbons (Fsp3) is 0.111. The normalized spacial score (nSPS) is 10.4. The lowest BCUT2D eigenvalue weighted by Gasteiger charge is -2.07. The van der Waals surface area contributed by atoms with Crippen LogP contribution in [0.2, 0.25) is 5.02 Å². The topological polar surface area (TPSA) is 56.7 Å². The van der Waals surface area contributed by atoms with Gasteiger partial charge in [0.05, 0.1) is 5.69 Å². The van der Waals surface area contributed by atoms with Crippen molar-refractivity contribution in [2.75, 3.05) is 0 Å². The molecule has 0 aliphatic carbocycles. The second kappa shape index (κ2) is 3.77. The third kappa shape index (κ3) is 1.62. The van der Waals surface area contributed by atoms with Gasteiger partial charge in [0.2, 0.25) is 0 Å². The highest BCUT2D eigenvalue weighted by atomic mass is 35.5. The lowest BCUT2D eigenvalue weighted by molar-refractivity contribution is 0.981. The maximum Gasteiger partial charge on any atom is 0.123 e. The van der Waals surface area contributed by atoms with Gasteiger partial charge in [-0.25, -0.2) is 0 Å². The summed E-state index contributed by atoms with van der Waals surface area (Å²) in [6, 6.07) is 5.56. The molecule has 0 radical (unpaired) electrons. The van der Waals surface area contributed by atoms with Gasteiger partial charge in [-0.15, -0.1) is 10.2 Å². The van der Waals surface area contributed by atoms with E-state index >= 15 is 0 Å². The van der Waals surface area contributed by atoms with Crippen molar-refractivity contribution in [2.24, 2.45) is 5.73 Å². The molecule has 0 spiro atoms. The van der Waals surface area contributed by atoms with E-state index in [1.807, 2.05) is 18.2 Å². The third-order valence-corrected chi connectivity index (χ3v) is 2.19. The minimum atomic E-state index is 0.439. The summed E-state index contributed by atoms with van der Waals surface area (Å²) in [7, 11) is 0. The molecule has 4 nitrogen and oxygen atoms in total. The Bertz CT molecular complexity index is 424. The first-order valence-corrected chi connectivity index (χ1v) is 4.52. The molecule has 0 unspecified atom stereocenters. The van der Waals surface area contributed by atoms with Crippen molar-refractivity contribution in [3.63, 3.8) is 0 Å². The second-order valence-corrected chi connectivity index (χ2v) is 3.28. The molecule has 2 rings (SSSR count). The molecule has 14 heavy (non-hydrogen) atoms. The SMILES string of the molecule is NCc1cc(Cl)ccc1-n1cnnc1. The average molecular weight is 209 g/mol. The van der Waals surface area contributed by atoms with Crippen molar-refractivity contribution in [1.82, 2.24) is 14.8 Å². The number of rotatable bonds is 2. The Hall–Kier alpha value is -1.39. The van der Waals surface area contributed by atoms with Gasteiger partial charge in [-0.1, -0.05) is 11.6 Å². The van der Waals surface area contributed by atoms with Crippen LogP contribution in [0.3, 0.4) is 0 Å². The maximum absolute atomic E-state index is 5.86. The Kier molecular flexibility index (Phi) is 2.47. The van der Waals surface area contributed by atoms with Gasteiger partial charge in [0.1, 0.15) is 12.7 Å². The van der Waals surface area contributed by atoms with Gasteiger partial charge < -0.3 is 5.73 Å². The number of benzene rings is 1. The van der Waals surface area contributed by atoms with E-state index < -0.39 is 0 Å². The van der Waals surface area contributed by atoms with Crippen LogP contribution in [0.1, 0.15) is 5.56 Å². The minimum absolute atomic E-state index is 0.439. The summed E-state index contributed by atoms with van der Waals surface area (Å²) in [6.07, 6.45) is 3.25. The summed E-state index contributed by atoms with van der Waals surface area (Å²) in [4.78, 5) is 0. The predicted molar refractivity (Wildman–Crippen MR) is 54.3 cm³/mol. The molecule has 0 saturated heterocycles. The molecule has 1 heterocycles. The number of hydrogen-bond acceptors (Lipinski definition) is 3. The van der Waals surface area contributed by atoms with Gasteiger partial charge in [-0.2, -0.15) is 0 Å². The van der Waals surface area contributed by atoms with E-state index in [4.69, 9.17) is 17.3 Å². The zero-order valence-electron chi connectivity index (χ0n) is 7.39. The largest absolute Gasteiger partial charge is 0.326 e. The van der Waals surface area contributed by atoms with Crippen molar-refractivity contribution in [2.45, 2.75) is 6.54 Å². The highest BCUT2D eigenvalue weighted by molar-refractivity contribution is 6.30. The minimum Gasteiger partial charge on any atom is -0.326 e. The molecule has 2 N–H and O–H groups in total. The van der Waals surface area contributed by atoms with E-state index in [9.17, 15) is 0 Å². The van der Waals surface area contributed by atoms with Gasteiger partial charge in [0.25, 0.3) is 0 Å². The van der Waals surface area contributed by atoms with Crippen LogP contribution in [0, 0.1) is 0 Å². The Balaban J connectivity index is 2.53. The fourth-order valence-electron chi connectivity index (χ4n) is 1.29. The summed E-state index contributed by atoms with van der Waals surface area (Å²) in [6.45, 7) is 0.439. The quantitative estimate of drug-likeness (QED) is 0.811. The van der Waals surface area contributed by atoms with Crippen LogP contribution < -0.4 is 5.73 Å². The van der Waals surface area contributed by atoms with E-state index in [0.717, 1.165) is 11.3 Å². The number of halogens is 1. The highest BCUT2D eigenvalue weighted by Gasteiger charge is 2.03. The molecule has 0 amide bonds. The Morgan fingerprint density at radius 2 is 2.00 bits per heavy atom. The molecule has 1 aromatic heterocycles. The van der Waals surface area contributed by atoms with E-state index in [0.29, 0.717) is 11.6 Å². The van der Waals surface area contributed by atoms with Gasteiger partial charge in [-0.3, -0.25) is 4.57 Å². The van der Waals surface area contributed by atoms with Crippen molar-refractivity contribution in [3.8, 4) is 5.69 Å². The summed E-state index contributed by atoms with van der Waals surface area (Å²) in [5, 5.41) is 8.15. The first-order valence-electron chi connectivity index (χ1n) is 4.15. The third-order valence-electron chi connectivity index (χ3n) is 1.96. The van der Waals surface area contributed by atoms with E-state index in [1.165, 1.54) is 0 Å². The van der Waals surface area contributed by atoms with Crippen LogP contribution in [0.4, 0.5) is 0 Å². The smallest absolute Gasteiger partial charge is 0.123 e. The number of aromatic nitrogens is 3. The molecule has 5 heteroatoms. The van der Waals surface area contributed by atoms with E-state index in [-0.39, 0.29) is 0 Å². The summed E-state index contributed by atoms with van der Waals surface area (Å²) in [5.74, 6) is 0. The van der Waals surface area contributed by atoms with Crippen molar-refractivity contribution >= 4 is 11.6 Å². The van der Waals surface area contributed by atoms with Gasteiger partial charge in [-0.05, 0) is 23.8 Å². The molecular formula is C9H9ClN4. The molecule has 72 valence electrons. The molecule has 0 bridgehead atoms. The van der Waals surface area contributed by atoms with E-state index in [1.54, 1.807) is 17.2 Å².